The standard InChI is InChI=1S/C12H18N4S/c1-5-8(4)17-12-15-10(7(2)3)9(6-13)11(14)16-12/h7-8H,5H2,1-4H3,(H2,14,15,16). The summed E-state index contributed by atoms with van der Waals surface area (Å²) >= 11 is 1.60. The highest BCUT2D eigenvalue weighted by molar-refractivity contribution is 7.99. The highest BCUT2D eigenvalue weighted by Crippen LogP contribution is 2.27. The molecule has 2 N–H and O–H groups in total. The fourth-order valence-corrected chi connectivity index (χ4v) is 2.15. The van der Waals surface area contributed by atoms with Crippen LogP contribution in [0.25, 0.3) is 0 Å². The van der Waals surface area contributed by atoms with E-state index in [1.165, 1.54) is 0 Å². The van der Waals surface area contributed by atoms with Gasteiger partial charge in [-0.1, -0.05) is 39.5 Å². The summed E-state index contributed by atoms with van der Waals surface area (Å²) in [6, 6.07) is 2.08. The molecular weight excluding hydrogens is 232 g/mol. The molecule has 1 aromatic rings. The van der Waals surface area contributed by atoms with E-state index in [9.17, 15) is 0 Å². The lowest BCUT2D eigenvalue weighted by atomic mass is 10.1. The maximum Gasteiger partial charge on any atom is 0.190 e. The van der Waals surface area contributed by atoms with E-state index in [0.29, 0.717) is 16.0 Å². The third-order valence-electron chi connectivity index (χ3n) is 2.48. The van der Waals surface area contributed by atoms with Crippen molar-refractivity contribution in [3.8, 4) is 6.07 Å². The van der Waals surface area contributed by atoms with Crippen LogP contribution in [-0.2, 0) is 0 Å². The van der Waals surface area contributed by atoms with Crippen LogP contribution in [0, 0.1) is 11.3 Å². The summed E-state index contributed by atoms with van der Waals surface area (Å²) in [4.78, 5) is 8.62. The molecule has 0 radical (unpaired) electrons. The first-order chi connectivity index (χ1) is 7.99. The largest absolute Gasteiger partial charge is 0.382 e. The molecule has 0 aromatic carbocycles. The zero-order valence-corrected chi connectivity index (χ0v) is 11.5. The van der Waals surface area contributed by atoms with E-state index < -0.39 is 0 Å². The van der Waals surface area contributed by atoms with Crippen molar-refractivity contribution in [1.82, 2.24) is 9.97 Å². The van der Waals surface area contributed by atoms with Crippen molar-refractivity contribution in [2.75, 3.05) is 5.73 Å². The molecule has 0 aliphatic heterocycles. The number of hydrogen-bond donors (Lipinski definition) is 1. The van der Waals surface area contributed by atoms with Gasteiger partial charge < -0.3 is 5.73 Å². The Labute approximate surface area is 107 Å². The molecule has 1 rings (SSSR count). The molecule has 0 bridgehead atoms. The normalized spacial score (nSPS) is 12.5. The topological polar surface area (TPSA) is 75.6 Å². The van der Waals surface area contributed by atoms with E-state index >= 15 is 0 Å². The van der Waals surface area contributed by atoms with Gasteiger partial charge in [0.2, 0.25) is 0 Å². The summed E-state index contributed by atoms with van der Waals surface area (Å²) in [6.45, 7) is 8.24. The molecule has 0 saturated carbocycles. The summed E-state index contributed by atoms with van der Waals surface area (Å²) in [5, 5.41) is 10.2. The van der Waals surface area contributed by atoms with Crippen molar-refractivity contribution in [3.63, 3.8) is 0 Å². The smallest absolute Gasteiger partial charge is 0.190 e. The van der Waals surface area contributed by atoms with Gasteiger partial charge in [0.1, 0.15) is 17.5 Å². The molecular formula is C12H18N4S. The molecule has 4 nitrogen and oxygen atoms in total. The van der Waals surface area contributed by atoms with Crippen molar-refractivity contribution < 1.29 is 0 Å². The average Bonchev–Trinajstić information content (AvgIpc) is 2.28. The number of thioether (sulfide) groups is 1. The monoisotopic (exact) mass is 250 g/mol. The Morgan fingerprint density at radius 3 is 2.47 bits per heavy atom. The lowest BCUT2D eigenvalue weighted by Crippen LogP contribution is -2.07. The van der Waals surface area contributed by atoms with Gasteiger partial charge >= 0.3 is 0 Å². The fraction of sp³-hybridized carbons (Fsp3) is 0.583. The number of nitrogens with two attached hydrogens (primary N) is 1. The van der Waals surface area contributed by atoms with Gasteiger partial charge in [0.25, 0.3) is 0 Å². The zero-order valence-electron chi connectivity index (χ0n) is 10.7. The van der Waals surface area contributed by atoms with Crippen molar-refractivity contribution in [2.45, 2.75) is 50.4 Å². The number of hydrogen-bond acceptors (Lipinski definition) is 5. The minimum atomic E-state index is 0.172. The summed E-state index contributed by atoms with van der Waals surface area (Å²) in [5.74, 6) is 0.461. The van der Waals surface area contributed by atoms with Gasteiger partial charge in [-0.3, -0.25) is 0 Å². The number of anilines is 1. The molecule has 0 saturated heterocycles. The molecule has 1 aromatic heterocycles. The third kappa shape index (κ3) is 3.34. The lowest BCUT2D eigenvalue weighted by Gasteiger charge is -2.12. The number of rotatable bonds is 4. The number of nitrogen functional groups attached to an aromatic ring is 1. The molecule has 92 valence electrons. The van der Waals surface area contributed by atoms with E-state index in [2.05, 4.69) is 29.9 Å². The van der Waals surface area contributed by atoms with Gasteiger partial charge in [0.15, 0.2) is 5.16 Å². The first-order valence-electron chi connectivity index (χ1n) is 5.73. The number of aromatic nitrogens is 2. The lowest BCUT2D eigenvalue weighted by molar-refractivity contribution is 0.773. The Balaban J connectivity index is 3.16. The van der Waals surface area contributed by atoms with Crippen LogP contribution in [0.1, 0.15) is 51.3 Å². The summed E-state index contributed by atoms with van der Waals surface area (Å²) < 4.78 is 0. The molecule has 5 heteroatoms. The van der Waals surface area contributed by atoms with Crippen LogP contribution in [0.2, 0.25) is 0 Å². The van der Waals surface area contributed by atoms with Crippen LogP contribution in [0.3, 0.4) is 0 Å². The van der Waals surface area contributed by atoms with Gasteiger partial charge in [-0.15, -0.1) is 0 Å². The van der Waals surface area contributed by atoms with Gasteiger partial charge in [-0.2, -0.15) is 5.26 Å². The Kier molecular flexibility index (Phi) is 4.76. The van der Waals surface area contributed by atoms with Crippen LogP contribution in [0.4, 0.5) is 5.82 Å². The second-order valence-electron chi connectivity index (χ2n) is 4.25. The zero-order chi connectivity index (χ0) is 13.0. The molecule has 0 amide bonds. The molecule has 17 heavy (non-hydrogen) atoms. The van der Waals surface area contributed by atoms with Crippen molar-refractivity contribution >= 4 is 17.6 Å². The van der Waals surface area contributed by atoms with Crippen LogP contribution in [0.5, 0.6) is 0 Å². The highest BCUT2D eigenvalue weighted by Gasteiger charge is 2.16. The minimum Gasteiger partial charge on any atom is -0.382 e. The molecule has 1 atom stereocenters. The summed E-state index contributed by atoms with van der Waals surface area (Å²) in [7, 11) is 0. The third-order valence-corrected chi connectivity index (χ3v) is 3.61. The first kappa shape index (κ1) is 13.8. The SMILES string of the molecule is CCC(C)Sc1nc(N)c(C#N)c(C(C)C)n1. The molecule has 0 spiro atoms. The quantitative estimate of drug-likeness (QED) is 0.656. The van der Waals surface area contributed by atoms with Crippen LogP contribution < -0.4 is 5.73 Å². The van der Waals surface area contributed by atoms with Crippen LogP contribution in [0.15, 0.2) is 5.16 Å². The van der Waals surface area contributed by atoms with Crippen molar-refractivity contribution in [2.24, 2.45) is 0 Å². The van der Waals surface area contributed by atoms with Gasteiger partial charge in [-0.25, -0.2) is 9.97 Å². The second-order valence-corrected chi connectivity index (χ2v) is 5.66. The van der Waals surface area contributed by atoms with Crippen molar-refractivity contribution in [1.29, 1.82) is 5.26 Å². The second kappa shape index (κ2) is 5.87. The first-order valence-corrected chi connectivity index (χ1v) is 6.61. The Bertz CT molecular complexity index is 437. The Hall–Kier alpha value is -1.28. The summed E-state index contributed by atoms with van der Waals surface area (Å²) in [6.07, 6.45) is 1.05. The van der Waals surface area contributed by atoms with E-state index in [-0.39, 0.29) is 11.7 Å². The summed E-state index contributed by atoms with van der Waals surface area (Å²) in [5.41, 5.74) is 6.95. The highest BCUT2D eigenvalue weighted by atomic mass is 32.2. The average molecular weight is 250 g/mol. The minimum absolute atomic E-state index is 0.172. The van der Waals surface area contributed by atoms with Gasteiger partial charge in [-0.05, 0) is 12.3 Å². The Morgan fingerprint density at radius 2 is 2.00 bits per heavy atom. The van der Waals surface area contributed by atoms with Crippen LogP contribution >= 0.6 is 11.8 Å². The van der Waals surface area contributed by atoms with Crippen LogP contribution in [-0.4, -0.2) is 15.2 Å². The van der Waals surface area contributed by atoms with E-state index in [0.717, 1.165) is 12.1 Å². The maximum absolute atomic E-state index is 9.05. The maximum atomic E-state index is 9.05. The molecule has 0 aliphatic rings. The van der Waals surface area contributed by atoms with E-state index in [4.69, 9.17) is 11.0 Å². The molecule has 1 heterocycles. The molecule has 1 unspecified atom stereocenters. The van der Waals surface area contributed by atoms with Gasteiger partial charge in [0, 0.05) is 5.25 Å². The number of nitriles is 1. The Morgan fingerprint density at radius 1 is 1.35 bits per heavy atom. The predicted octanol–water partition coefficient (Wildman–Crippen LogP) is 2.94. The molecule has 0 fully saturated rings. The van der Waals surface area contributed by atoms with Gasteiger partial charge in [0.05, 0.1) is 5.69 Å². The molecule has 0 aliphatic carbocycles. The number of nitrogens with zero attached hydrogens (tertiary/aromatic N) is 3. The van der Waals surface area contributed by atoms with Crippen molar-refractivity contribution in [3.05, 3.63) is 11.3 Å². The predicted molar refractivity (Wildman–Crippen MR) is 70.9 cm³/mol. The fourth-order valence-electron chi connectivity index (χ4n) is 1.32. The van der Waals surface area contributed by atoms with E-state index in [1.807, 2.05) is 13.8 Å². The van der Waals surface area contributed by atoms with E-state index in [1.54, 1.807) is 11.8 Å².